The molecule has 26 heavy (non-hydrogen) atoms. The van der Waals surface area contributed by atoms with E-state index < -0.39 is 0 Å². The van der Waals surface area contributed by atoms with E-state index in [1.807, 2.05) is 21.3 Å². The van der Waals surface area contributed by atoms with Crippen molar-refractivity contribution < 1.29 is 23.8 Å². The minimum atomic E-state index is 0.0578. The van der Waals surface area contributed by atoms with E-state index >= 15 is 0 Å². The van der Waals surface area contributed by atoms with Gasteiger partial charge in [0, 0.05) is 53.1 Å². The zero-order chi connectivity index (χ0) is 18.7. The molecule has 7 atom stereocenters. The fraction of sp³-hybridized carbons (Fsp3) is 1.00. The molecular weight excluding hydrogens is 330 g/mol. The van der Waals surface area contributed by atoms with Crippen LogP contribution in [0.15, 0.2) is 0 Å². The molecule has 0 aromatic rings. The Labute approximate surface area is 159 Å². The highest BCUT2D eigenvalue weighted by molar-refractivity contribution is 4.98. The van der Waals surface area contributed by atoms with Crippen molar-refractivity contribution in [2.24, 2.45) is 17.8 Å². The van der Waals surface area contributed by atoms with E-state index in [-0.39, 0.29) is 18.3 Å². The molecule has 1 saturated heterocycles. The number of rotatable bonds is 6. The van der Waals surface area contributed by atoms with E-state index in [2.05, 4.69) is 7.05 Å². The van der Waals surface area contributed by atoms with Gasteiger partial charge in [0.1, 0.15) is 6.10 Å². The van der Waals surface area contributed by atoms with E-state index in [9.17, 15) is 0 Å². The quantitative estimate of drug-likeness (QED) is 0.770. The van der Waals surface area contributed by atoms with E-state index in [1.165, 1.54) is 45.1 Å². The second-order valence-corrected chi connectivity index (χ2v) is 8.84. The Bertz CT molecular complexity index is 426. The van der Waals surface area contributed by atoms with Crippen LogP contribution in [0.3, 0.4) is 0 Å². The van der Waals surface area contributed by atoms with Crippen LogP contribution in [-0.2, 0) is 18.9 Å². The molecule has 3 rings (SSSR count). The first-order chi connectivity index (χ1) is 12.6. The van der Waals surface area contributed by atoms with Crippen molar-refractivity contribution in [1.29, 1.82) is 0 Å². The van der Waals surface area contributed by atoms with Crippen LogP contribution in [0.5, 0.6) is 0 Å². The summed E-state index contributed by atoms with van der Waals surface area (Å²) in [7, 11) is 9.73. The Hall–Kier alpha value is -0.200. The van der Waals surface area contributed by atoms with Crippen LogP contribution < -0.4 is 4.90 Å². The Kier molecular flexibility index (Phi) is 7.37. The SMILES string of the molecule is COC1CCC(CC2C3CC(OC)C(OC)C(OC)C3CC[NH+]2C)CC1. The fourth-order valence-corrected chi connectivity index (χ4v) is 6.23. The van der Waals surface area contributed by atoms with Crippen molar-refractivity contribution in [1.82, 2.24) is 0 Å². The van der Waals surface area contributed by atoms with Gasteiger partial charge in [0.25, 0.3) is 0 Å². The Morgan fingerprint density at radius 3 is 2.04 bits per heavy atom. The molecular formula is C21H40NO4+. The Morgan fingerprint density at radius 2 is 1.46 bits per heavy atom. The average Bonchev–Trinajstić information content (AvgIpc) is 2.68. The van der Waals surface area contributed by atoms with Gasteiger partial charge in [-0.15, -0.1) is 0 Å². The van der Waals surface area contributed by atoms with Crippen molar-refractivity contribution in [2.75, 3.05) is 42.0 Å². The number of fused-ring (bicyclic) bond motifs is 1. The van der Waals surface area contributed by atoms with Gasteiger partial charge in [-0.1, -0.05) is 0 Å². The number of hydrogen-bond donors (Lipinski definition) is 1. The number of likely N-dealkylation sites (tertiary alicyclic amines) is 1. The molecule has 0 bridgehead atoms. The zero-order valence-electron chi connectivity index (χ0n) is 17.4. The molecule has 2 aliphatic carbocycles. The largest absolute Gasteiger partial charge is 0.381 e. The molecule has 152 valence electrons. The summed E-state index contributed by atoms with van der Waals surface area (Å²) in [6.07, 6.45) is 9.63. The normalized spacial score (nSPS) is 46.7. The number of methoxy groups -OCH3 is 4. The summed E-state index contributed by atoms with van der Waals surface area (Å²) in [5, 5.41) is 0. The molecule has 1 heterocycles. The predicted octanol–water partition coefficient (Wildman–Crippen LogP) is 1.55. The lowest BCUT2D eigenvalue weighted by atomic mass is 9.65. The highest BCUT2D eigenvalue weighted by atomic mass is 16.6. The predicted molar refractivity (Wildman–Crippen MR) is 102 cm³/mol. The average molecular weight is 371 g/mol. The summed E-state index contributed by atoms with van der Waals surface area (Å²) in [6, 6.07) is 0.714. The second kappa shape index (κ2) is 9.33. The fourth-order valence-electron chi connectivity index (χ4n) is 6.23. The van der Waals surface area contributed by atoms with E-state index in [0.717, 1.165) is 12.3 Å². The highest BCUT2D eigenvalue weighted by Gasteiger charge is 2.52. The van der Waals surface area contributed by atoms with Gasteiger partial charge < -0.3 is 23.8 Å². The van der Waals surface area contributed by atoms with Gasteiger partial charge in [-0.2, -0.15) is 0 Å². The molecule has 0 radical (unpaired) electrons. The number of quaternary nitrogens is 1. The number of piperidine rings is 1. The first-order valence-electron chi connectivity index (χ1n) is 10.6. The molecule has 7 unspecified atom stereocenters. The van der Waals surface area contributed by atoms with Crippen molar-refractivity contribution in [3.63, 3.8) is 0 Å². The van der Waals surface area contributed by atoms with Crippen LogP contribution in [0, 0.1) is 17.8 Å². The van der Waals surface area contributed by atoms with Crippen LogP contribution in [0.25, 0.3) is 0 Å². The molecule has 5 heteroatoms. The molecule has 1 N–H and O–H groups in total. The third-order valence-corrected chi connectivity index (χ3v) is 7.75. The molecule has 3 fully saturated rings. The Morgan fingerprint density at radius 1 is 0.769 bits per heavy atom. The third kappa shape index (κ3) is 4.12. The number of hydrogen-bond acceptors (Lipinski definition) is 4. The minimum absolute atomic E-state index is 0.0578. The zero-order valence-corrected chi connectivity index (χ0v) is 17.4. The molecule has 5 nitrogen and oxygen atoms in total. The summed E-state index contributed by atoms with van der Waals surface area (Å²) in [6.45, 7) is 1.24. The van der Waals surface area contributed by atoms with Crippen LogP contribution in [0.1, 0.15) is 44.9 Å². The van der Waals surface area contributed by atoms with Crippen molar-refractivity contribution in [3.05, 3.63) is 0 Å². The molecule has 0 amide bonds. The van der Waals surface area contributed by atoms with Gasteiger partial charge in [0.05, 0.1) is 37.9 Å². The molecule has 2 saturated carbocycles. The smallest absolute Gasteiger partial charge is 0.110 e. The maximum atomic E-state index is 5.97. The molecule has 0 aromatic heterocycles. The second-order valence-electron chi connectivity index (χ2n) is 8.84. The first kappa shape index (κ1) is 20.5. The molecule has 1 aliphatic heterocycles. The monoisotopic (exact) mass is 370 g/mol. The minimum Gasteiger partial charge on any atom is -0.381 e. The van der Waals surface area contributed by atoms with E-state index in [0.29, 0.717) is 24.0 Å². The van der Waals surface area contributed by atoms with Gasteiger partial charge in [0.15, 0.2) is 0 Å². The Balaban J connectivity index is 1.71. The van der Waals surface area contributed by atoms with Crippen molar-refractivity contribution >= 4 is 0 Å². The summed E-state index contributed by atoms with van der Waals surface area (Å²) < 4.78 is 23.2. The summed E-state index contributed by atoms with van der Waals surface area (Å²) >= 11 is 0. The van der Waals surface area contributed by atoms with Gasteiger partial charge >= 0.3 is 0 Å². The van der Waals surface area contributed by atoms with Gasteiger partial charge in [-0.05, 0) is 38.0 Å². The molecule has 3 aliphatic rings. The third-order valence-electron chi connectivity index (χ3n) is 7.75. The lowest BCUT2D eigenvalue weighted by Gasteiger charge is -2.51. The topological polar surface area (TPSA) is 41.4 Å². The van der Waals surface area contributed by atoms with Gasteiger partial charge in [0.2, 0.25) is 0 Å². The van der Waals surface area contributed by atoms with Crippen LogP contribution in [0.4, 0.5) is 0 Å². The van der Waals surface area contributed by atoms with E-state index in [1.54, 1.807) is 12.0 Å². The van der Waals surface area contributed by atoms with Gasteiger partial charge in [-0.25, -0.2) is 0 Å². The van der Waals surface area contributed by atoms with Crippen LogP contribution in [0.2, 0.25) is 0 Å². The number of ether oxygens (including phenoxy) is 4. The summed E-state index contributed by atoms with van der Waals surface area (Å²) in [4.78, 5) is 1.71. The standard InChI is InChI=1S/C21H39NO4/c1-22-11-10-16-17(13-19(24-3)21(26-5)20(16)25-4)18(22)12-14-6-8-15(23-2)9-7-14/h14-21H,6-13H2,1-5H3/p+1. The van der Waals surface area contributed by atoms with Crippen LogP contribution in [-0.4, -0.2) is 72.5 Å². The molecule has 0 aromatic carbocycles. The van der Waals surface area contributed by atoms with E-state index in [4.69, 9.17) is 18.9 Å². The maximum Gasteiger partial charge on any atom is 0.110 e. The summed E-state index contributed by atoms with van der Waals surface area (Å²) in [5.41, 5.74) is 0. The van der Waals surface area contributed by atoms with Crippen molar-refractivity contribution in [2.45, 2.75) is 75.4 Å². The van der Waals surface area contributed by atoms with Gasteiger partial charge in [-0.3, -0.25) is 0 Å². The summed E-state index contributed by atoms with van der Waals surface area (Å²) in [5.74, 6) is 2.12. The lowest BCUT2D eigenvalue weighted by Crippen LogP contribution is -3.15. The number of nitrogens with one attached hydrogen (secondary N) is 1. The van der Waals surface area contributed by atoms with Crippen molar-refractivity contribution in [3.8, 4) is 0 Å². The van der Waals surface area contributed by atoms with Crippen LogP contribution >= 0.6 is 0 Å². The molecule has 0 spiro atoms. The lowest BCUT2D eigenvalue weighted by molar-refractivity contribution is -0.919. The maximum absolute atomic E-state index is 5.97. The highest BCUT2D eigenvalue weighted by Crippen LogP contribution is 2.42. The first-order valence-corrected chi connectivity index (χ1v) is 10.6.